The number of hydrogen-bond acceptors (Lipinski definition) is 3. The van der Waals surface area contributed by atoms with E-state index in [-0.39, 0.29) is 0 Å². The normalized spacial score (nSPS) is 15.4. The van der Waals surface area contributed by atoms with Crippen LogP contribution in [0.2, 0.25) is 5.02 Å². The van der Waals surface area contributed by atoms with Crippen molar-refractivity contribution in [3.63, 3.8) is 0 Å². The molecule has 4 aromatic rings. The molecule has 170 valence electrons. The fourth-order valence-corrected chi connectivity index (χ4v) is 4.98. The summed E-state index contributed by atoms with van der Waals surface area (Å²) in [4.78, 5) is 10.1. The summed E-state index contributed by atoms with van der Waals surface area (Å²) in [6.07, 6.45) is 0. The lowest BCUT2D eigenvalue weighted by Gasteiger charge is -2.34. The Balaban J connectivity index is 1.29. The van der Waals surface area contributed by atoms with E-state index in [9.17, 15) is 0 Å². The second-order valence-corrected chi connectivity index (χ2v) is 9.58. The Morgan fingerprint density at radius 2 is 1.45 bits per heavy atom. The van der Waals surface area contributed by atoms with E-state index in [1.807, 2.05) is 12.1 Å². The molecule has 0 N–H and O–H groups in total. The summed E-state index contributed by atoms with van der Waals surface area (Å²) in [7, 11) is 0. The summed E-state index contributed by atoms with van der Waals surface area (Å²) in [6, 6.07) is 23.3. The van der Waals surface area contributed by atoms with E-state index in [4.69, 9.17) is 16.6 Å². The zero-order chi connectivity index (χ0) is 22.8. The minimum atomic E-state index is 0.738. The molecule has 5 rings (SSSR count). The van der Waals surface area contributed by atoms with Gasteiger partial charge in [-0.15, -0.1) is 0 Å². The SMILES string of the molecule is Cc1ccc(CN2CCN(Cc3nc4ccccc4n3Cc3ccccc3Cl)CC2)c(C)c1. The second-order valence-electron chi connectivity index (χ2n) is 9.18. The van der Waals surface area contributed by atoms with Crippen molar-refractivity contribution in [2.45, 2.75) is 33.5 Å². The van der Waals surface area contributed by atoms with E-state index in [0.717, 1.165) is 67.7 Å². The van der Waals surface area contributed by atoms with Crippen molar-refractivity contribution < 1.29 is 0 Å². The molecule has 0 unspecified atom stereocenters. The smallest absolute Gasteiger partial charge is 0.124 e. The maximum atomic E-state index is 6.49. The second kappa shape index (κ2) is 9.68. The number of benzene rings is 3. The third-order valence-electron chi connectivity index (χ3n) is 6.74. The summed E-state index contributed by atoms with van der Waals surface area (Å²) in [6.45, 7) is 11.3. The molecule has 5 heteroatoms. The van der Waals surface area contributed by atoms with Crippen LogP contribution < -0.4 is 0 Å². The van der Waals surface area contributed by atoms with Gasteiger partial charge in [0.25, 0.3) is 0 Å². The first-order valence-corrected chi connectivity index (χ1v) is 12.1. The Labute approximate surface area is 201 Å². The topological polar surface area (TPSA) is 24.3 Å². The number of aromatic nitrogens is 2. The van der Waals surface area contributed by atoms with Gasteiger partial charge in [-0.25, -0.2) is 4.98 Å². The van der Waals surface area contributed by atoms with Crippen LogP contribution in [0.3, 0.4) is 0 Å². The molecule has 0 aliphatic carbocycles. The third kappa shape index (κ3) is 4.98. The van der Waals surface area contributed by atoms with Crippen LogP contribution >= 0.6 is 11.6 Å². The van der Waals surface area contributed by atoms with Crippen molar-refractivity contribution in [1.82, 2.24) is 19.4 Å². The number of imidazole rings is 1. The lowest BCUT2D eigenvalue weighted by atomic mass is 10.1. The Morgan fingerprint density at radius 1 is 0.758 bits per heavy atom. The van der Waals surface area contributed by atoms with Gasteiger partial charge in [0.05, 0.1) is 24.1 Å². The minimum Gasteiger partial charge on any atom is -0.322 e. The van der Waals surface area contributed by atoms with Crippen LogP contribution in [0.15, 0.2) is 66.7 Å². The highest BCUT2D eigenvalue weighted by atomic mass is 35.5. The van der Waals surface area contributed by atoms with Gasteiger partial charge in [-0.2, -0.15) is 0 Å². The standard InChI is InChI=1S/C28H31ClN4/c1-21-11-12-23(22(2)17-21)18-31-13-15-32(16-14-31)20-28-30-26-9-5-6-10-27(26)33(28)19-24-7-3-4-8-25(24)29/h3-12,17H,13-16,18-20H2,1-2H3. The first kappa shape index (κ1) is 22.1. The number of rotatable bonds is 6. The van der Waals surface area contributed by atoms with E-state index in [0.29, 0.717) is 0 Å². The number of hydrogen-bond donors (Lipinski definition) is 0. The van der Waals surface area contributed by atoms with Gasteiger partial charge in [0.1, 0.15) is 5.82 Å². The number of piperazine rings is 1. The number of para-hydroxylation sites is 2. The first-order chi connectivity index (χ1) is 16.1. The summed E-state index contributed by atoms with van der Waals surface area (Å²) < 4.78 is 2.33. The van der Waals surface area contributed by atoms with Crippen LogP contribution in [0, 0.1) is 13.8 Å². The van der Waals surface area contributed by atoms with Crippen molar-refractivity contribution in [2.24, 2.45) is 0 Å². The summed E-state index contributed by atoms with van der Waals surface area (Å²) in [5.74, 6) is 1.11. The molecule has 0 bridgehead atoms. The molecule has 1 aliphatic rings. The van der Waals surface area contributed by atoms with Crippen LogP contribution in [0.1, 0.15) is 28.1 Å². The molecule has 1 aliphatic heterocycles. The molecule has 4 nitrogen and oxygen atoms in total. The molecular formula is C28H31ClN4. The lowest BCUT2D eigenvalue weighted by Crippen LogP contribution is -2.45. The van der Waals surface area contributed by atoms with Crippen molar-refractivity contribution in [2.75, 3.05) is 26.2 Å². The Morgan fingerprint density at radius 3 is 2.21 bits per heavy atom. The van der Waals surface area contributed by atoms with E-state index in [1.165, 1.54) is 22.2 Å². The van der Waals surface area contributed by atoms with Gasteiger partial charge in [-0.1, -0.05) is 65.7 Å². The van der Waals surface area contributed by atoms with Crippen molar-refractivity contribution in [3.05, 3.63) is 99.8 Å². The third-order valence-corrected chi connectivity index (χ3v) is 7.11. The van der Waals surface area contributed by atoms with Gasteiger partial charge in [0.15, 0.2) is 0 Å². The molecule has 1 saturated heterocycles. The maximum absolute atomic E-state index is 6.49. The molecule has 0 saturated carbocycles. The van der Waals surface area contributed by atoms with E-state index < -0.39 is 0 Å². The number of fused-ring (bicyclic) bond motifs is 1. The van der Waals surface area contributed by atoms with Gasteiger partial charge in [-0.05, 0) is 48.7 Å². The fraction of sp³-hybridized carbons (Fsp3) is 0.321. The zero-order valence-electron chi connectivity index (χ0n) is 19.5. The highest BCUT2D eigenvalue weighted by Crippen LogP contribution is 2.23. The van der Waals surface area contributed by atoms with Gasteiger partial charge < -0.3 is 4.57 Å². The number of halogens is 1. The molecular weight excluding hydrogens is 428 g/mol. The number of aryl methyl sites for hydroxylation is 2. The predicted octanol–water partition coefficient (Wildman–Crippen LogP) is 5.67. The Bertz CT molecular complexity index is 1250. The van der Waals surface area contributed by atoms with Crippen molar-refractivity contribution >= 4 is 22.6 Å². The first-order valence-electron chi connectivity index (χ1n) is 11.8. The van der Waals surface area contributed by atoms with Crippen LogP contribution in [0.5, 0.6) is 0 Å². The molecule has 3 aromatic carbocycles. The van der Waals surface area contributed by atoms with Crippen molar-refractivity contribution in [1.29, 1.82) is 0 Å². The molecule has 2 heterocycles. The van der Waals surface area contributed by atoms with Gasteiger partial charge in [0.2, 0.25) is 0 Å². The number of nitrogens with zero attached hydrogens (tertiary/aromatic N) is 4. The van der Waals surface area contributed by atoms with Gasteiger partial charge in [-0.3, -0.25) is 9.80 Å². The van der Waals surface area contributed by atoms with Gasteiger partial charge in [0, 0.05) is 37.7 Å². The van der Waals surface area contributed by atoms with E-state index >= 15 is 0 Å². The van der Waals surface area contributed by atoms with E-state index in [1.54, 1.807) is 0 Å². The largest absolute Gasteiger partial charge is 0.322 e. The molecule has 33 heavy (non-hydrogen) atoms. The zero-order valence-corrected chi connectivity index (χ0v) is 20.2. The molecule has 0 atom stereocenters. The van der Waals surface area contributed by atoms with Crippen LogP contribution in [-0.4, -0.2) is 45.5 Å². The highest BCUT2D eigenvalue weighted by molar-refractivity contribution is 6.31. The summed E-state index contributed by atoms with van der Waals surface area (Å²) in [5, 5.41) is 0.807. The molecule has 0 spiro atoms. The summed E-state index contributed by atoms with van der Waals surface area (Å²) >= 11 is 6.49. The van der Waals surface area contributed by atoms with Crippen LogP contribution in [-0.2, 0) is 19.6 Å². The molecule has 1 fully saturated rings. The molecule has 1 aromatic heterocycles. The minimum absolute atomic E-state index is 0.738. The van der Waals surface area contributed by atoms with E-state index in [2.05, 4.69) is 82.8 Å². The molecule has 0 amide bonds. The predicted molar refractivity (Wildman–Crippen MR) is 137 cm³/mol. The highest BCUT2D eigenvalue weighted by Gasteiger charge is 2.21. The average Bonchev–Trinajstić information content (AvgIpc) is 3.15. The average molecular weight is 459 g/mol. The fourth-order valence-electron chi connectivity index (χ4n) is 4.79. The monoisotopic (exact) mass is 458 g/mol. The Kier molecular flexibility index (Phi) is 6.50. The van der Waals surface area contributed by atoms with Crippen molar-refractivity contribution in [3.8, 4) is 0 Å². The molecule has 0 radical (unpaired) electrons. The van der Waals surface area contributed by atoms with Crippen LogP contribution in [0.4, 0.5) is 0 Å². The quantitative estimate of drug-likeness (QED) is 0.372. The van der Waals surface area contributed by atoms with Gasteiger partial charge >= 0.3 is 0 Å². The van der Waals surface area contributed by atoms with Crippen LogP contribution in [0.25, 0.3) is 11.0 Å². The maximum Gasteiger partial charge on any atom is 0.124 e. The summed E-state index contributed by atoms with van der Waals surface area (Å²) in [5.41, 5.74) is 7.51. The Hall–Kier alpha value is -2.66. The lowest BCUT2D eigenvalue weighted by molar-refractivity contribution is 0.119.